The molecule has 2 N–H and O–H groups in total. The summed E-state index contributed by atoms with van der Waals surface area (Å²) < 4.78 is 0. The van der Waals surface area contributed by atoms with Gasteiger partial charge in [0.2, 0.25) is 0 Å². The molecule has 2 rings (SSSR count). The first-order chi connectivity index (χ1) is 6.68. The van der Waals surface area contributed by atoms with Crippen molar-refractivity contribution in [3.63, 3.8) is 0 Å². The van der Waals surface area contributed by atoms with Crippen LogP contribution in [0.15, 0.2) is 18.2 Å². The molecule has 0 saturated carbocycles. The van der Waals surface area contributed by atoms with Gasteiger partial charge in [-0.3, -0.25) is 0 Å². The summed E-state index contributed by atoms with van der Waals surface area (Å²) in [5.41, 5.74) is 2.17. The second-order valence-electron chi connectivity index (χ2n) is 3.63. The highest BCUT2D eigenvalue weighted by Crippen LogP contribution is 2.29. The van der Waals surface area contributed by atoms with Gasteiger partial charge in [0.25, 0.3) is 0 Å². The Morgan fingerprint density at radius 3 is 2.93 bits per heavy atom. The number of benzene rings is 1. The van der Waals surface area contributed by atoms with Crippen molar-refractivity contribution in [1.29, 1.82) is 0 Å². The molecule has 0 radical (unpaired) electrons. The highest BCUT2D eigenvalue weighted by molar-refractivity contribution is 5.87. The van der Waals surface area contributed by atoms with Crippen LogP contribution in [0.5, 0.6) is 0 Å². The first-order valence-corrected chi connectivity index (χ1v) is 4.72. The predicted molar refractivity (Wildman–Crippen MR) is 51.3 cm³/mol. The van der Waals surface area contributed by atoms with Crippen LogP contribution in [-0.4, -0.2) is 16.2 Å². The van der Waals surface area contributed by atoms with Gasteiger partial charge in [0.15, 0.2) is 0 Å². The van der Waals surface area contributed by atoms with Crippen molar-refractivity contribution in [2.24, 2.45) is 0 Å². The summed E-state index contributed by atoms with van der Waals surface area (Å²) in [4.78, 5) is 10.7. The number of aliphatic hydroxyl groups excluding tert-OH is 1. The van der Waals surface area contributed by atoms with Gasteiger partial charge in [0.1, 0.15) is 0 Å². The molecule has 14 heavy (non-hydrogen) atoms. The van der Waals surface area contributed by atoms with Crippen molar-refractivity contribution >= 4 is 5.97 Å². The van der Waals surface area contributed by atoms with Crippen molar-refractivity contribution in [3.05, 3.63) is 34.9 Å². The first kappa shape index (κ1) is 9.21. The molecule has 0 amide bonds. The van der Waals surface area contributed by atoms with Gasteiger partial charge >= 0.3 is 5.97 Å². The molecule has 1 aromatic rings. The minimum atomic E-state index is -0.909. The van der Waals surface area contributed by atoms with Crippen molar-refractivity contribution < 1.29 is 15.0 Å². The van der Waals surface area contributed by atoms with E-state index >= 15 is 0 Å². The summed E-state index contributed by atoms with van der Waals surface area (Å²) in [5, 5.41) is 18.4. The molecule has 1 aromatic carbocycles. The Morgan fingerprint density at radius 2 is 2.21 bits per heavy atom. The fourth-order valence-corrected chi connectivity index (χ4v) is 1.92. The van der Waals surface area contributed by atoms with Crippen LogP contribution >= 0.6 is 0 Å². The molecule has 74 valence electrons. The Balaban J connectivity index is 2.44. The largest absolute Gasteiger partial charge is 0.478 e. The van der Waals surface area contributed by atoms with Crippen LogP contribution in [-0.2, 0) is 6.42 Å². The molecule has 0 aliphatic heterocycles. The van der Waals surface area contributed by atoms with Crippen molar-refractivity contribution in [1.82, 2.24) is 0 Å². The van der Waals surface area contributed by atoms with Crippen molar-refractivity contribution in [2.75, 3.05) is 0 Å². The molecule has 3 heteroatoms. The van der Waals surface area contributed by atoms with E-state index in [2.05, 4.69) is 0 Å². The molecule has 0 aromatic heterocycles. The van der Waals surface area contributed by atoms with Gasteiger partial charge in [0, 0.05) is 0 Å². The van der Waals surface area contributed by atoms with Gasteiger partial charge in [-0.05, 0) is 42.5 Å². The SMILES string of the molecule is O=C(O)c1ccc2c(c1)CCC[C@@H]2O. The second kappa shape index (κ2) is 3.42. The summed E-state index contributed by atoms with van der Waals surface area (Å²) >= 11 is 0. The van der Waals surface area contributed by atoms with E-state index in [-0.39, 0.29) is 0 Å². The normalized spacial score (nSPS) is 20.2. The van der Waals surface area contributed by atoms with Gasteiger partial charge in [-0.25, -0.2) is 4.79 Å². The summed E-state index contributed by atoms with van der Waals surface area (Å²) in [5.74, 6) is -0.909. The minimum Gasteiger partial charge on any atom is -0.478 e. The third-order valence-corrected chi connectivity index (χ3v) is 2.67. The Kier molecular flexibility index (Phi) is 2.25. The first-order valence-electron chi connectivity index (χ1n) is 4.72. The Bertz CT molecular complexity index is 371. The number of fused-ring (bicyclic) bond motifs is 1. The Hall–Kier alpha value is -1.35. The van der Waals surface area contributed by atoms with E-state index < -0.39 is 12.1 Å². The summed E-state index contributed by atoms with van der Waals surface area (Å²) in [6.45, 7) is 0. The molecule has 0 fully saturated rings. The average molecular weight is 192 g/mol. The van der Waals surface area contributed by atoms with Gasteiger partial charge in [-0.15, -0.1) is 0 Å². The number of carbonyl (C=O) groups is 1. The lowest BCUT2D eigenvalue weighted by Gasteiger charge is -2.21. The number of aromatic carboxylic acids is 1. The topological polar surface area (TPSA) is 57.5 Å². The van der Waals surface area contributed by atoms with Crippen LogP contribution in [0.3, 0.4) is 0 Å². The quantitative estimate of drug-likeness (QED) is 0.712. The molecule has 0 spiro atoms. The maximum Gasteiger partial charge on any atom is 0.335 e. The van der Waals surface area contributed by atoms with E-state index in [0.29, 0.717) is 5.56 Å². The van der Waals surface area contributed by atoms with Crippen LogP contribution in [0.2, 0.25) is 0 Å². The lowest BCUT2D eigenvalue weighted by molar-refractivity contribution is 0.0696. The van der Waals surface area contributed by atoms with Gasteiger partial charge in [0.05, 0.1) is 11.7 Å². The standard InChI is InChI=1S/C11H12O3/c12-10-3-1-2-7-6-8(11(13)14)4-5-9(7)10/h4-6,10,12H,1-3H2,(H,13,14)/t10-/m0/s1. The molecular weight excluding hydrogens is 180 g/mol. The third kappa shape index (κ3) is 1.51. The highest BCUT2D eigenvalue weighted by atomic mass is 16.4. The fourth-order valence-electron chi connectivity index (χ4n) is 1.92. The molecule has 0 bridgehead atoms. The van der Waals surface area contributed by atoms with Gasteiger partial charge in [-0.1, -0.05) is 6.07 Å². The Morgan fingerprint density at radius 1 is 1.43 bits per heavy atom. The number of hydrogen-bond acceptors (Lipinski definition) is 2. The van der Waals surface area contributed by atoms with Crippen LogP contribution in [0.25, 0.3) is 0 Å². The minimum absolute atomic E-state index is 0.304. The smallest absolute Gasteiger partial charge is 0.335 e. The fraction of sp³-hybridized carbons (Fsp3) is 0.364. The molecule has 1 aliphatic rings. The van der Waals surface area contributed by atoms with E-state index in [9.17, 15) is 9.90 Å². The summed E-state index contributed by atoms with van der Waals surface area (Å²) in [6, 6.07) is 4.94. The molecule has 0 saturated heterocycles. The molecule has 0 heterocycles. The molecule has 1 aliphatic carbocycles. The van der Waals surface area contributed by atoms with Crippen LogP contribution in [0.4, 0.5) is 0 Å². The zero-order chi connectivity index (χ0) is 10.1. The van der Waals surface area contributed by atoms with E-state index in [0.717, 1.165) is 30.4 Å². The number of aliphatic hydroxyl groups is 1. The van der Waals surface area contributed by atoms with Gasteiger partial charge in [-0.2, -0.15) is 0 Å². The molecular formula is C11H12O3. The number of carboxylic acids is 1. The monoisotopic (exact) mass is 192 g/mol. The molecule has 3 nitrogen and oxygen atoms in total. The van der Waals surface area contributed by atoms with E-state index in [1.54, 1.807) is 18.2 Å². The predicted octanol–water partition coefficient (Wildman–Crippen LogP) is 1.75. The molecule has 0 unspecified atom stereocenters. The molecule has 1 atom stereocenters. The van der Waals surface area contributed by atoms with Crippen LogP contribution < -0.4 is 0 Å². The summed E-state index contributed by atoms with van der Waals surface area (Å²) in [7, 11) is 0. The van der Waals surface area contributed by atoms with Gasteiger partial charge < -0.3 is 10.2 Å². The number of hydrogen-bond donors (Lipinski definition) is 2. The third-order valence-electron chi connectivity index (χ3n) is 2.67. The number of rotatable bonds is 1. The lowest BCUT2D eigenvalue weighted by atomic mass is 9.88. The lowest BCUT2D eigenvalue weighted by Crippen LogP contribution is -2.10. The van der Waals surface area contributed by atoms with Crippen LogP contribution in [0.1, 0.15) is 40.4 Å². The zero-order valence-electron chi connectivity index (χ0n) is 7.73. The van der Waals surface area contributed by atoms with E-state index in [1.807, 2.05) is 0 Å². The van der Waals surface area contributed by atoms with E-state index in [4.69, 9.17) is 5.11 Å². The maximum atomic E-state index is 10.7. The van der Waals surface area contributed by atoms with Crippen molar-refractivity contribution in [3.8, 4) is 0 Å². The Labute approximate surface area is 82.0 Å². The average Bonchev–Trinajstić information content (AvgIpc) is 2.17. The van der Waals surface area contributed by atoms with E-state index in [1.165, 1.54) is 0 Å². The number of aryl methyl sites for hydroxylation is 1. The maximum absolute atomic E-state index is 10.7. The number of carboxylic acid groups (broad SMARTS) is 1. The zero-order valence-corrected chi connectivity index (χ0v) is 7.73. The van der Waals surface area contributed by atoms with Crippen molar-refractivity contribution in [2.45, 2.75) is 25.4 Å². The second-order valence-corrected chi connectivity index (χ2v) is 3.63. The summed E-state index contributed by atoms with van der Waals surface area (Å²) in [6.07, 6.45) is 2.16. The highest BCUT2D eigenvalue weighted by Gasteiger charge is 2.18. The van der Waals surface area contributed by atoms with Crippen LogP contribution in [0, 0.1) is 0 Å².